The predicted molar refractivity (Wildman–Crippen MR) is 74.8 cm³/mol. The van der Waals surface area contributed by atoms with Crippen molar-refractivity contribution in [1.82, 2.24) is 4.90 Å². The van der Waals surface area contributed by atoms with Crippen LogP contribution in [0.2, 0.25) is 0 Å². The van der Waals surface area contributed by atoms with Crippen molar-refractivity contribution in [2.24, 2.45) is 17.8 Å². The molecule has 0 aromatic heterocycles. The normalized spacial score (nSPS) is 25.1. The lowest BCUT2D eigenvalue weighted by Gasteiger charge is -2.33. The highest BCUT2D eigenvalue weighted by Crippen LogP contribution is 2.31. The largest absolute Gasteiger partial charge is 0.481 e. The van der Waals surface area contributed by atoms with Gasteiger partial charge < -0.3 is 10.0 Å². The number of amides is 1. The first-order valence-electron chi connectivity index (χ1n) is 7.32. The Morgan fingerprint density at radius 3 is 2.32 bits per heavy atom. The molecule has 1 amide bonds. The number of carboxylic acids is 1. The summed E-state index contributed by atoms with van der Waals surface area (Å²) in [5.41, 5.74) is 0. The minimum atomic E-state index is -0.754. The van der Waals surface area contributed by atoms with Gasteiger partial charge in [0.25, 0.3) is 0 Å². The van der Waals surface area contributed by atoms with Crippen LogP contribution in [0.5, 0.6) is 0 Å². The average molecular weight is 269 g/mol. The molecule has 3 atom stereocenters. The monoisotopic (exact) mass is 269 g/mol. The summed E-state index contributed by atoms with van der Waals surface area (Å²) in [6.45, 7) is 6.36. The van der Waals surface area contributed by atoms with Crippen LogP contribution >= 0.6 is 0 Å². The lowest BCUT2D eigenvalue weighted by atomic mass is 9.80. The van der Waals surface area contributed by atoms with Crippen LogP contribution in [0.15, 0.2) is 0 Å². The topological polar surface area (TPSA) is 57.6 Å². The van der Waals surface area contributed by atoms with E-state index in [1.165, 1.54) is 0 Å². The minimum absolute atomic E-state index is 0.102. The Kier molecular flexibility index (Phi) is 5.83. The molecule has 0 radical (unpaired) electrons. The number of carbonyl (C=O) groups excluding carboxylic acids is 1. The van der Waals surface area contributed by atoms with Crippen LogP contribution in [0.4, 0.5) is 0 Å². The molecule has 110 valence electrons. The van der Waals surface area contributed by atoms with E-state index in [0.717, 1.165) is 19.3 Å². The molecule has 1 fully saturated rings. The average Bonchev–Trinajstić information content (AvgIpc) is 2.36. The van der Waals surface area contributed by atoms with Gasteiger partial charge in [-0.2, -0.15) is 0 Å². The molecule has 4 nitrogen and oxygen atoms in total. The molecule has 1 rings (SSSR count). The Labute approximate surface area is 116 Å². The number of hydrogen-bond donors (Lipinski definition) is 1. The van der Waals surface area contributed by atoms with Crippen molar-refractivity contribution in [2.45, 2.75) is 58.9 Å². The van der Waals surface area contributed by atoms with Crippen molar-refractivity contribution >= 4 is 11.9 Å². The third-order valence-corrected chi connectivity index (χ3v) is 4.19. The second-order valence-corrected chi connectivity index (χ2v) is 6.33. The Morgan fingerprint density at radius 1 is 1.21 bits per heavy atom. The van der Waals surface area contributed by atoms with Crippen molar-refractivity contribution < 1.29 is 14.7 Å². The van der Waals surface area contributed by atoms with Crippen LogP contribution in [-0.2, 0) is 9.59 Å². The Bertz CT molecular complexity index is 327. The van der Waals surface area contributed by atoms with Gasteiger partial charge in [-0.05, 0) is 38.5 Å². The Balaban J connectivity index is 2.58. The second kappa shape index (κ2) is 6.92. The van der Waals surface area contributed by atoms with Gasteiger partial charge in [-0.25, -0.2) is 0 Å². The molecule has 0 heterocycles. The number of hydrogen-bond acceptors (Lipinski definition) is 2. The van der Waals surface area contributed by atoms with Gasteiger partial charge in [-0.1, -0.05) is 20.3 Å². The van der Waals surface area contributed by atoms with E-state index in [0.29, 0.717) is 18.8 Å². The maximum atomic E-state index is 12.4. The Hall–Kier alpha value is -1.06. The fourth-order valence-electron chi connectivity index (χ4n) is 2.98. The molecule has 0 bridgehead atoms. The van der Waals surface area contributed by atoms with Crippen molar-refractivity contribution in [3.05, 3.63) is 0 Å². The highest BCUT2D eigenvalue weighted by atomic mass is 16.4. The third kappa shape index (κ3) is 4.51. The molecule has 0 aromatic rings. The van der Waals surface area contributed by atoms with Crippen LogP contribution in [0.25, 0.3) is 0 Å². The van der Waals surface area contributed by atoms with E-state index in [4.69, 9.17) is 5.11 Å². The number of carboxylic acid groups (broad SMARTS) is 1. The standard InChI is InChI=1S/C15H27NO3/c1-10(2)8-11(3)16(4)14(17)12-6-5-7-13(9-12)15(18)19/h10-13H,5-9H2,1-4H3,(H,18,19). The van der Waals surface area contributed by atoms with Crippen molar-refractivity contribution in [1.29, 1.82) is 0 Å². The van der Waals surface area contributed by atoms with Crippen molar-refractivity contribution in [3.8, 4) is 0 Å². The molecule has 19 heavy (non-hydrogen) atoms. The quantitative estimate of drug-likeness (QED) is 0.835. The van der Waals surface area contributed by atoms with Gasteiger partial charge in [0.15, 0.2) is 0 Å². The lowest BCUT2D eigenvalue weighted by Crippen LogP contribution is -2.41. The van der Waals surface area contributed by atoms with E-state index in [1.54, 1.807) is 0 Å². The van der Waals surface area contributed by atoms with Crippen LogP contribution < -0.4 is 0 Å². The van der Waals surface area contributed by atoms with Gasteiger partial charge in [0, 0.05) is 19.0 Å². The summed E-state index contributed by atoms with van der Waals surface area (Å²) in [4.78, 5) is 25.3. The fraction of sp³-hybridized carbons (Fsp3) is 0.867. The van der Waals surface area contributed by atoms with E-state index in [2.05, 4.69) is 20.8 Å². The number of carbonyl (C=O) groups is 2. The summed E-state index contributed by atoms with van der Waals surface area (Å²) in [5, 5.41) is 9.08. The first-order chi connectivity index (χ1) is 8.82. The van der Waals surface area contributed by atoms with E-state index in [1.807, 2.05) is 11.9 Å². The van der Waals surface area contributed by atoms with Gasteiger partial charge in [-0.3, -0.25) is 9.59 Å². The number of rotatable bonds is 5. The Morgan fingerprint density at radius 2 is 1.79 bits per heavy atom. The van der Waals surface area contributed by atoms with E-state index < -0.39 is 5.97 Å². The van der Waals surface area contributed by atoms with Gasteiger partial charge in [0.05, 0.1) is 5.92 Å². The van der Waals surface area contributed by atoms with E-state index in [9.17, 15) is 9.59 Å². The van der Waals surface area contributed by atoms with Crippen LogP contribution in [0.3, 0.4) is 0 Å². The summed E-state index contributed by atoms with van der Waals surface area (Å²) < 4.78 is 0. The smallest absolute Gasteiger partial charge is 0.306 e. The highest BCUT2D eigenvalue weighted by Gasteiger charge is 2.33. The molecule has 0 saturated heterocycles. The van der Waals surface area contributed by atoms with Crippen molar-refractivity contribution in [2.75, 3.05) is 7.05 Å². The summed E-state index contributed by atoms with van der Waals surface area (Å²) in [7, 11) is 1.85. The molecule has 0 aromatic carbocycles. The molecular formula is C15H27NO3. The zero-order valence-electron chi connectivity index (χ0n) is 12.6. The van der Waals surface area contributed by atoms with E-state index in [-0.39, 0.29) is 23.8 Å². The van der Waals surface area contributed by atoms with Gasteiger partial charge in [-0.15, -0.1) is 0 Å². The number of nitrogens with zero attached hydrogens (tertiary/aromatic N) is 1. The zero-order valence-corrected chi connectivity index (χ0v) is 12.6. The van der Waals surface area contributed by atoms with Crippen LogP contribution in [0.1, 0.15) is 52.9 Å². The van der Waals surface area contributed by atoms with Gasteiger partial charge >= 0.3 is 5.97 Å². The first-order valence-corrected chi connectivity index (χ1v) is 7.32. The first kappa shape index (κ1) is 16.0. The summed E-state index contributed by atoms with van der Waals surface area (Å²) in [6, 6.07) is 0.220. The molecule has 0 spiro atoms. The molecule has 4 heteroatoms. The molecule has 1 aliphatic carbocycles. The molecule has 1 N–H and O–H groups in total. The minimum Gasteiger partial charge on any atom is -0.481 e. The highest BCUT2D eigenvalue weighted by molar-refractivity contribution is 5.80. The maximum absolute atomic E-state index is 12.4. The summed E-state index contributed by atoms with van der Waals surface area (Å²) in [6.07, 6.45) is 3.88. The molecular weight excluding hydrogens is 242 g/mol. The third-order valence-electron chi connectivity index (χ3n) is 4.19. The second-order valence-electron chi connectivity index (χ2n) is 6.33. The van der Waals surface area contributed by atoms with Gasteiger partial charge in [0.2, 0.25) is 5.91 Å². The molecule has 3 unspecified atom stereocenters. The SMILES string of the molecule is CC(C)CC(C)N(C)C(=O)C1CCCC(C(=O)O)C1. The molecule has 1 saturated carbocycles. The summed E-state index contributed by atoms with van der Waals surface area (Å²) >= 11 is 0. The molecule has 0 aliphatic heterocycles. The van der Waals surface area contributed by atoms with Crippen LogP contribution in [-0.4, -0.2) is 35.0 Å². The lowest BCUT2D eigenvalue weighted by molar-refractivity contribution is -0.145. The van der Waals surface area contributed by atoms with E-state index >= 15 is 0 Å². The molecule has 1 aliphatic rings. The fourth-order valence-corrected chi connectivity index (χ4v) is 2.98. The van der Waals surface area contributed by atoms with Gasteiger partial charge in [0.1, 0.15) is 0 Å². The van der Waals surface area contributed by atoms with Crippen molar-refractivity contribution in [3.63, 3.8) is 0 Å². The predicted octanol–water partition coefficient (Wildman–Crippen LogP) is 2.77. The number of aliphatic carboxylic acids is 1. The maximum Gasteiger partial charge on any atom is 0.306 e. The summed E-state index contributed by atoms with van der Waals surface area (Å²) in [5.74, 6) is -0.510. The van der Waals surface area contributed by atoms with Crippen LogP contribution in [0, 0.1) is 17.8 Å². The zero-order chi connectivity index (χ0) is 14.6.